The Morgan fingerprint density at radius 2 is 1.65 bits per heavy atom. The third-order valence-corrected chi connectivity index (χ3v) is 7.14. The molecule has 3 N–H and O–H groups in total. The van der Waals surface area contributed by atoms with Crippen molar-refractivity contribution in [1.29, 1.82) is 0 Å². The highest BCUT2D eigenvalue weighted by Crippen LogP contribution is 2.35. The minimum Gasteiger partial charge on any atom is -0.399 e. The highest BCUT2D eigenvalue weighted by atomic mass is 79.9. The maximum atomic E-state index is 12.6. The molecule has 0 amide bonds. The average molecular weight is 426 g/mol. The highest BCUT2D eigenvalue weighted by Gasteiger charge is 2.33. The molecule has 0 aliphatic heterocycles. The van der Waals surface area contributed by atoms with E-state index < -0.39 is 10.0 Å². The summed E-state index contributed by atoms with van der Waals surface area (Å²) in [4.78, 5) is 0.207. The van der Waals surface area contributed by atoms with Crippen molar-refractivity contribution in [3.05, 3.63) is 21.1 Å². The van der Waals surface area contributed by atoms with Gasteiger partial charge in [-0.2, -0.15) is 0 Å². The Kier molecular flexibility index (Phi) is 4.83. The second-order valence-corrected chi connectivity index (χ2v) is 8.87. The maximum Gasteiger partial charge on any atom is 0.243 e. The van der Waals surface area contributed by atoms with Crippen LogP contribution in [0.3, 0.4) is 0 Å². The van der Waals surface area contributed by atoms with E-state index >= 15 is 0 Å². The lowest BCUT2D eigenvalue weighted by molar-refractivity contribution is 0.294. The highest BCUT2D eigenvalue weighted by molar-refractivity contribution is 9.11. The molecule has 7 heteroatoms. The number of anilines is 1. The molecule has 1 aliphatic rings. The molecule has 0 unspecified atom stereocenters. The summed E-state index contributed by atoms with van der Waals surface area (Å²) >= 11 is 6.57. The Morgan fingerprint density at radius 1 is 1.15 bits per heavy atom. The lowest BCUT2D eigenvalue weighted by atomic mass is 9.84. The zero-order valence-corrected chi connectivity index (χ0v) is 15.2. The number of halogens is 2. The molecular weight excluding hydrogens is 408 g/mol. The predicted molar refractivity (Wildman–Crippen MR) is 88.1 cm³/mol. The molecule has 2 rings (SSSR count). The molecule has 1 aromatic rings. The Morgan fingerprint density at radius 3 is 2.15 bits per heavy atom. The smallest absolute Gasteiger partial charge is 0.243 e. The Hall–Kier alpha value is -0.110. The van der Waals surface area contributed by atoms with Gasteiger partial charge in [0, 0.05) is 20.2 Å². The van der Waals surface area contributed by atoms with Crippen LogP contribution in [0.15, 0.2) is 26.0 Å². The summed E-state index contributed by atoms with van der Waals surface area (Å²) in [6.45, 7) is 1.98. The minimum atomic E-state index is -3.60. The van der Waals surface area contributed by atoms with E-state index in [9.17, 15) is 8.42 Å². The third-order valence-electron chi connectivity index (χ3n) is 3.63. The van der Waals surface area contributed by atoms with E-state index in [1.165, 1.54) is 6.42 Å². The van der Waals surface area contributed by atoms with E-state index in [0.29, 0.717) is 14.6 Å². The fraction of sp³-hybridized carbons (Fsp3) is 0.538. The van der Waals surface area contributed by atoms with Crippen LogP contribution in [-0.2, 0) is 10.0 Å². The van der Waals surface area contributed by atoms with Gasteiger partial charge in [0.2, 0.25) is 10.0 Å². The standard InChI is InChI=1S/C13H18Br2N2O2S/c1-13(5-3-2-4-6-13)17-20(18,19)12-10(14)7-9(16)8-11(12)15/h7-8,17H,2-6,16H2,1H3. The normalized spacial score (nSPS) is 18.9. The van der Waals surface area contributed by atoms with Crippen molar-refractivity contribution in [2.24, 2.45) is 0 Å². The topological polar surface area (TPSA) is 72.2 Å². The second-order valence-electron chi connectivity index (χ2n) is 5.54. The molecule has 1 fully saturated rings. The summed E-state index contributed by atoms with van der Waals surface area (Å²) in [5, 5.41) is 0. The van der Waals surface area contributed by atoms with Crippen LogP contribution in [-0.4, -0.2) is 14.0 Å². The van der Waals surface area contributed by atoms with Crippen molar-refractivity contribution in [2.45, 2.75) is 49.5 Å². The van der Waals surface area contributed by atoms with Gasteiger partial charge in [-0.1, -0.05) is 19.3 Å². The molecule has 1 aromatic carbocycles. The SMILES string of the molecule is CC1(NS(=O)(=O)c2c(Br)cc(N)cc2Br)CCCCC1. The lowest BCUT2D eigenvalue weighted by Crippen LogP contribution is -2.47. The van der Waals surface area contributed by atoms with Gasteiger partial charge in [-0.3, -0.25) is 0 Å². The molecule has 0 heterocycles. The van der Waals surface area contributed by atoms with Crippen molar-refractivity contribution >= 4 is 47.6 Å². The summed E-state index contributed by atoms with van der Waals surface area (Å²) in [7, 11) is -3.60. The van der Waals surface area contributed by atoms with Gasteiger partial charge in [0.25, 0.3) is 0 Å². The summed E-state index contributed by atoms with van der Waals surface area (Å²) in [6, 6.07) is 3.20. The first-order chi connectivity index (χ1) is 9.23. The van der Waals surface area contributed by atoms with E-state index in [-0.39, 0.29) is 10.4 Å². The van der Waals surface area contributed by atoms with Crippen molar-refractivity contribution < 1.29 is 8.42 Å². The molecule has 0 radical (unpaired) electrons. The lowest BCUT2D eigenvalue weighted by Gasteiger charge is -2.34. The quantitative estimate of drug-likeness (QED) is 0.723. The number of nitrogens with two attached hydrogens (primary N) is 1. The van der Waals surface area contributed by atoms with E-state index in [4.69, 9.17) is 5.73 Å². The van der Waals surface area contributed by atoms with Gasteiger partial charge in [0.15, 0.2) is 0 Å². The molecule has 20 heavy (non-hydrogen) atoms. The summed E-state index contributed by atoms with van der Waals surface area (Å²) in [5.41, 5.74) is 5.85. The number of nitrogens with one attached hydrogen (secondary N) is 1. The number of hydrogen-bond acceptors (Lipinski definition) is 3. The Balaban J connectivity index is 2.36. The van der Waals surface area contributed by atoms with Crippen LogP contribution in [0.2, 0.25) is 0 Å². The summed E-state index contributed by atoms with van der Waals surface area (Å²) in [5.74, 6) is 0. The summed E-state index contributed by atoms with van der Waals surface area (Å²) < 4.78 is 29.1. The zero-order chi connectivity index (χ0) is 15.0. The van der Waals surface area contributed by atoms with E-state index in [1.807, 2.05) is 6.92 Å². The van der Waals surface area contributed by atoms with Crippen LogP contribution in [0.25, 0.3) is 0 Å². The van der Waals surface area contributed by atoms with Crippen molar-refractivity contribution in [3.63, 3.8) is 0 Å². The third kappa shape index (κ3) is 3.55. The van der Waals surface area contributed by atoms with Gasteiger partial charge >= 0.3 is 0 Å². The van der Waals surface area contributed by atoms with Crippen molar-refractivity contribution in [3.8, 4) is 0 Å². The van der Waals surface area contributed by atoms with E-state index in [0.717, 1.165) is 25.7 Å². The largest absolute Gasteiger partial charge is 0.399 e. The Bertz CT molecular complexity index is 588. The fourth-order valence-electron chi connectivity index (χ4n) is 2.65. The van der Waals surface area contributed by atoms with Gasteiger partial charge in [-0.05, 0) is 63.8 Å². The number of benzene rings is 1. The molecule has 0 saturated heterocycles. The van der Waals surface area contributed by atoms with Crippen molar-refractivity contribution in [2.75, 3.05) is 5.73 Å². The van der Waals surface area contributed by atoms with Crippen LogP contribution in [0.4, 0.5) is 5.69 Å². The second kappa shape index (κ2) is 5.94. The van der Waals surface area contributed by atoms with Gasteiger partial charge < -0.3 is 5.73 Å². The molecule has 0 spiro atoms. The first-order valence-electron chi connectivity index (χ1n) is 6.52. The minimum absolute atomic E-state index is 0.207. The van der Waals surface area contributed by atoms with Crippen LogP contribution < -0.4 is 10.5 Å². The zero-order valence-electron chi connectivity index (χ0n) is 11.2. The monoisotopic (exact) mass is 424 g/mol. The van der Waals surface area contributed by atoms with Crippen LogP contribution in [0.5, 0.6) is 0 Å². The van der Waals surface area contributed by atoms with Crippen molar-refractivity contribution in [1.82, 2.24) is 4.72 Å². The number of hydrogen-bond donors (Lipinski definition) is 2. The van der Waals surface area contributed by atoms with Gasteiger partial charge in [0.05, 0.1) is 0 Å². The van der Waals surface area contributed by atoms with Gasteiger partial charge in [-0.25, -0.2) is 13.1 Å². The van der Waals surface area contributed by atoms with E-state index in [1.54, 1.807) is 12.1 Å². The molecule has 0 atom stereocenters. The molecule has 4 nitrogen and oxygen atoms in total. The summed E-state index contributed by atoms with van der Waals surface area (Å²) in [6.07, 6.45) is 5.03. The molecule has 0 aromatic heterocycles. The van der Waals surface area contributed by atoms with Crippen LogP contribution in [0.1, 0.15) is 39.0 Å². The predicted octanol–water partition coefficient (Wildman–Crippen LogP) is 3.79. The number of sulfonamides is 1. The maximum absolute atomic E-state index is 12.6. The number of nitrogen functional groups attached to an aromatic ring is 1. The molecular formula is C13H18Br2N2O2S. The fourth-order valence-corrected chi connectivity index (χ4v) is 6.73. The number of rotatable bonds is 3. The van der Waals surface area contributed by atoms with Gasteiger partial charge in [0.1, 0.15) is 4.90 Å². The first-order valence-corrected chi connectivity index (χ1v) is 9.59. The molecule has 1 aliphatic carbocycles. The molecule has 112 valence electrons. The van der Waals surface area contributed by atoms with Gasteiger partial charge in [-0.15, -0.1) is 0 Å². The van der Waals surface area contributed by atoms with Crippen LogP contribution in [0, 0.1) is 0 Å². The Labute approximate surface area is 136 Å². The molecule has 1 saturated carbocycles. The average Bonchev–Trinajstić information content (AvgIpc) is 2.25. The first kappa shape index (κ1) is 16.3. The van der Waals surface area contributed by atoms with Crippen LogP contribution >= 0.6 is 31.9 Å². The van der Waals surface area contributed by atoms with E-state index in [2.05, 4.69) is 36.6 Å². The molecule has 0 bridgehead atoms.